The third kappa shape index (κ3) is 2.80. The summed E-state index contributed by atoms with van der Waals surface area (Å²) in [5.41, 5.74) is 6.72. The van der Waals surface area contributed by atoms with Crippen LogP contribution >= 0.6 is 0 Å². The second kappa shape index (κ2) is 5.41. The third-order valence-corrected chi connectivity index (χ3v) is 3.26. The minimum atomic E-state index is 0.640. The van der Waals surface area contributed by atoms with Crippen LogP contribution in [0.2, 0.25) is 0 Å². The average molecular weight is 223 g/mol. The number of hydrogen-bond donors (Lipinski definition) is 1. The van der Waals surface area contributed by atoms with Gasteiger partial charge in [0, 0.05) is 19.6 Å². The second-order valence-corrected chi connectivity index (χ2v) is 4.52. The van der Waals surface area contributed by atoms with Crippen LogP contribution in [0.3, 0.4) is 0 Å². The SMILES string of the molecule is Cn1ncc(CN2CCCCC2CCN)n1. The van der Waals surface area contributed by atoms with Crippen molar-refractivity contribution in [2.24, 2.45) is 12.8 Å². The molecule has 1 aromatic rings. The van der Waals surface area contributed by atoms with Crippen LogP contribution in [0.4, 0.5) is 0 Å². The van der Waals surface area contributed by atoms with Gasteiger partial charge in [-0.3, -0.25) is 4.90 Å². The van der Waals surface area contributed by atoms with Crippen LogP contribution in [0.25, 0.3) is 0 Å². The maximum Gasteiger partial charge on any atom is 0.0967 e. The molecule has 0 bridgehead atoms. The highest BCUT2D eigenvalue weighted by molar-refractivity contribution is 4.93. The van der Waals surface area contributed by atoms with Crippen molar-refractivity contribution in [2.45, 2.75) is 38.3 Å². The molecule has 1 aliphatic rings. The van der Waals surface area contributed by atoms with E-state index in [4.69, 9.17) is 5.73 Å². The van der Waals surface area contributed by atoms with Gasteiger partial charge < -0.3 is 5.73 Å². The molecule has 0 saturated carbocycles. The highest BCUT2D eigenvalue weighted by Crippen LogP contribution is 2.20. The van der Waals surface area contributed by atoms with Gasteiger partial charge in [0.05, 0.1) is 11.9 Å². The van der Waals surface area contributed by atoms with Crippen LogP contribution in [-0.4, -0.2) is 39.0 Å². The lowest BCUT2D eigenvalue weighted by molar-refractivity contribution is 0.132. The Balaban J connectivity index is 1.95. The molecule has 0 spiro atoms. The summed E-state index contributed by atoms with van der Waals surface area (Å²) in [5.74, 6) is 0. The van der Waals surface area contributed by atoms with Crippen molar-refractivity contribution in [1.29, 1.82) is 0 Å². The fourth-order valence-electron chi connectivity index (χ4n) is 2.46. The van der Waals surface area contributed by atoms with Crippen molar-refractivity contribution < 1.29 is 0 Å². The van der Waals surface area contributed by atoms with Crippen molar-refractivity contribution in [1.82, 2.24) is 19.9 Å². The predicted molar refractivity (Wildman–Crippen MR) is 62.7 cm³/mol. The Morgan fingerprint density at radius 3 is 3.06 bits per heavy atom. The van der Waals surface area contributed by atoms with E-state index < -0.39 is 0 Å². The first-order valence-corrected chi connectivity index (χ1v) is 6.09. The van der Waals surface area contributed by atoms with E-state index in [1.54, 1.807) is 4.80 Å². The van der Waals surface area contributed by atoms with Gasteiger partial charge in [-0.1, -0.05) is 6.42 Å². The Kier molecular flexibility index (Phi) is 3.90. The highest BCUT2D eigenvalue weighted by Gasteiger charge is 2.22. The zero-order chi connectivity index (χ0) is 11.4. The lowest BCUT2D eigenvalue weighted by Gasteiger charge is -2.35. The summed E-state index contributed by atoms with van der Waals surface area (Å²) in [5, 5.41) is 8.44. The minimum absolute atomic E-state index is 0.640. The van der Waals surface area contributed by atoms with Crippen LogP contribution in [0, 0.1) is 0 Å². The Labute approximate surface area is 96.6 Å². The van der Waals surface area contributed by atoms with Crippen molar-refractivity contribution in [2.75, 3.05) is 13.1 Å². The number of likely N-dealkylation sites (tertiary alicyclic amines) is 1. The average Bonchev–Trinajstić information content (AvgIpc) is 2.67. The quantitative estimate of drug-likeness (QED) is 0.808. The summed E-state index contributed by atoms with van der Waals surface area (Å²) in [6.07, 6.45) is 6.86. The van der Waals surface area contributed by atoms with Crippen LogP contribution in [0.1, 0.15) is 31.4 Å². The first-order chi connectivity index (χ1) is 7.79. The Morgan fingerprint density at radius 1 is 1.50 bits per heavy atom. The molecule has 0 aromatic carbocycles. The molecular weight excluding hydrogens is 202 g/mol. The van der Waals surface area contributed by atoms with E-state index in [1.807, 2.05) is 13.2 Å². The molecule has 2 N–H and O–H groups in total. The van der Waals surface area contributed by atoms with E-state index in [0.717, 1.165) is 25.2 Å². The van der Waals surface area contributed by atoms with Crippen molar-refractivity contribution in [3.05, 3.63) is 11.9 Å². The normalized spacial score (nSPS) is 22.5. The Hall–Kier alpha value is -0.940. The molecule has 90 valence electrons. The smallest absolute Gasteiger partial charge is 0.0967 e. The molecule has 0 amide bonds. The molecule has 1 fully saturated rings. The predicted octanol–water partition coefficient (Wildman–Crippen LogP) is 0.518. The monoisotopic (exact) mass is 223 g/mol. The van der Waals surface area contributed by atoms with E-state index >= 15 is 0 Å². The zero-order valence-corrected chi connectivity index (χ0v) is 9.97. The largest absolute Gasteiger partial charge is 0.330 e. The maximum absolute atomic E-state index is 5.66. The molecule has 1 unspecified atom stereocenters. The van der Waals surface area contributed by atoms with Crippen LogP contribution < -0.4 is 5.73 Å². The summed E-state index contributed by atoms with van der Waals surface area (Å²) in [7, 11) is 1.86. The van der Waals surface area contributed by atoms with Crippen molar-refractivity contribution in [3.63, 3.8) is 0 Å². The molecular formula is C11H21N5. The lowest BCUT2D eigenvalue weighted by Crippen LogP contribution is -2.40. The molecule has 0 aliphatic carbocycles. The van der Waals surface area contributed by atoms with Gasteiger partial charge in [-0.25, -0.2) is 0 Å². The summed E-state index contributed by atoms with van der Waals surface area (Å²) < 4.78 is 0. The topological polar surface area (TPSA) is 60.0 Å². The highest BCUT2D eigenvalue weighted by atomic mass is 15.5. The Morgan fingerprint density at radius 2 is 2.38 bits per heavy atom. The molecule has 1 atom stereocenters. The maximum atomic E-state index is 5.66. The van der Waals surface area contributed by atoms with Crippen LogP contribution in [0.5, 0.6) is 0 Å². The van der Waals surface area contributed by atoms with E-state index in [2.05, 4.69) is 15.1 Å². The molecule has 5 nitrogen and oxygen atoms in total. The summed E-state index contributed by atoms with van der Waals surface area (Å²) >= 11 is 0. The molecule has 1 aliphatic heterocycles. The summed E-state index contributed by atoms with van der Waals surface area (Å²) in [6, 6.07) is 0.640. The number of hydrogen-bond acceptors (Lipinski definition) is 4. The van der Waals surface area contributed by atoms with Gasteiger partial charge in [0.15, 0.2) is 0 Å². The molecule has 1 aromatic heterocycles. The van der Waals surface area contributed by atoms with Crippen LogP contribution in [-0.2, 0) is 13.6 Å². The van der Waals surface area contributed by atoms with Gasteiger partial charge in [0.25, 0.3) is 0 Å². The van der Waals surface area contributed by atoms with Crippen molar-refractivity contribution in [3.8, 4) is 0 Å². The molecule has 0 radical (unpaired) electrons. The van der Waals surface area contributed by atoms with Gasteiger partial charge in [-0.05, 0) is 32.4 Å². The van der Waals surface area contributed by atoms with E-state index in [1.165, 1.54) is 25.8 Å². The molecule has 2 heterocycles. The summed E-state index contributed by atoms with van der Waals surface area (Å²) in [4.78, 5) is 4.12. The van der Waals surface area contributed by atoms with Gasteiger partial charge in [0.1, 0.15) is 0 Å². The fourth-order valence-corrected chi connectivity index (χ4v) is 2.46. The number of aromatic nitrogens is 3. The first kappa shape index (κ1) is 11.5. The summed E-state index contributed by atoms with van der Waals surface area (Å²) in [6.45, 7) is 2.86. The van der Waals surface area contributed by atoms with Gasteiger partial charge >= 0.3 is 0 Å². The lowest BCUT2D eigenvalue weighted by atomic mass is 9.99. The Bertz CT molecular complexity index is 320. The molecule has 1 saturated heterocycles. The first-order valence-electron chi connectivity index (χ1n) is 6.09. The van der Waals surface area contributed by atoms with E-state index in [9.17, 15) is 0 Å². The standard InChI is InChI=1S/C11H21N5/c1-15-13-8-10(14-15)9-16-7-3-2-4-11(16)5-6-12/h8,11H,2-7,9,12H2,1H3. The van der Waals surface area contributed by atoms with Crippen molar-refractivity contribution >= 4 is 0 Å². The van der Waals surface area contributed by atoms with Gasteiger partial charge in [0.2, 0.25) is 0 Å². The van der Waals surface area contributed by atoms with Gasteiger partial charge in [-0.2, -0.15) is 15.0 Å². The molecule has 5 heteroatoms. The molecule has 16 heavy (non-hydrogen) atoms. The number of nitrogens with two attached hydrogens (primary N) is 1. The fraction of sp³-hybridized carbons (Fsp3) is 0.818. The second-order valence-electron chi connectivity index (χ2n) is 4.52. The van der Waals surface area contributed by atoms with E-state index in [0.29, 0.717) is 6.04 Å². The number of nitrogens with zero attached hydrogens (tertiary/aromatic N) is 4. The molecule has 2 rings (SSSR count). The number of rotatable bonds is 4. The number of piperidine rings is 1. The zero-order valence-electron chi connectivity index (χ0n) is 9.97. The minimum Gasteiger partial charge on any atom is -0.330 e. The van der Waals surface area contributed by atoms with E-state index in [-0.39, 0.29) is 0 Å². The third-order valence-electron chi connectivity index (χ3n) is 3.26. The van der Waals surface area contributed by atoms with Crippen LogP contribution in [0.15, 0.2) is 6.20 Å². The van der Waals surface area contributed by atoms with Gasteiger partial charge in [-0.15, -0.1) is 0 Å². The number of aryl methyl sites for hydroxylation is 1.